The Labute approximate surface area is 152 Å². The topological polar surface area (TPSA) is 66.5 Å². The first-order chi connectivity index (χ1) is 12.0. The molecule has 1 heterocycles. The molecular formula is C18H19ClN2O3S. The minimum absolute atomic E-state index is 0.201. The number of piperidine rings is 1. The molecule has 1 saturated heterocycles. The lowest BCUT2D eigenvalue weighted by Gasteiger charge is -2.33. The van der Waals surface area contributed by atoms with Gasteiger partial charge >= 0.3 is 0 Å². The first kappa shape index (κ1) is 17.9. The van der Waals surface area contributed by atoms with E-state index in [0.29, 0.717) is 23.7 Å². The van der Waals surface area contributed by atoms with Crippen LogP contribution in [0.25, 0.3) is 0 Å². The molecule has 7 heteroatoms. The van der Waals surface area contributed by atoms with Gasteiger partial charge in [-0.25, -0.2) is 8.42 Å². The van der Waals surface area contributed by atoms with Gasteiger partial charge in [-0.2, -0.15) is 4.31 Å². The van der Waals surface area contributed by atoms with Crippen molar-refractivity contribution in [3.8, 4) is 0 Å². The molecule has 25 heavy (non-hydrogen) atoms. The summed E-state index contributed by atoms with van der Waals surface area (Å²) in [5.41, 5.74) is 0.483. The van der Waals surface area contributed by atoms with E-state index in [1.165, 1.54) is 4.31 Å². The molecule has 1 aliphatic heterocycles. The molecule has 0 aliphatic carbocycles. The number of amides is 1. The summed E-state index contributed by atoms with van der Waals surface area (Å²) in [5.74, 6) is -0.354. The fourth-order valence-corrected chi connectivity index (χ4v) is 4.82. The van der Waals surface area contributed by atoms with Gasteiger partial charge in [0.1, 0.15) is 6.04 Å². The van der Waals surface area contributed by atoms with Crippen LogP contribution in [-0.2, 0) is 14.8 Å². The molecule has 1 amide bonds. The van der Waals surface area contributed by atoms with Gasteiger partial charge in [-0.3, -0.25) is 4.79 Å². The van der Waals surface area contributed by atoms with Crippen LogP contribution in [0.5, 0.6) is 0 Å². The number of halogens is 1. The molecule has 0 saturated carbocycles. The van der Waals surface area contributed by atoms with E-state index >= 15 is 0 Å². The second-order valence-corrected chi connectivity index (χ2v) is 8.21. The molecule has 0 unspecified atom stereocenters. The average molecular weight is 379 g/mol. The molecule has 0 bridgehead atoms. The van der Waals surface area contributed by atoms with Crippen molar-refractivity contribution in [3.63, 3.8) is 0 Å². The Kier molecular flexibility index (Phi) is 5.42. The maximum absolute atomic E-state index is 12.9. The van der Waals surface area contributed by atoms with E-state index in [0.717, 1.165) is 12.8 Å². The van der Waals surface area contributed by atoms with Gasteiger partial charge in [0.15, 0.2) is 0 Å². The van der Waals surface area contributed by atoms with Crippen molar-refractivity contribution in [2.45, 2.75) is 30.2 Å². The van der Waals surface area contributed by atoms with Crippen molar-refractivity contribution in [2.24, 2.45) is 0 Å². The molecule has 0 radical (unpaired) electrons. The highest BCUT2D eigenvalue weighted by Crippen LogP contribution is 2.27. The fraction of sp³-hybridized carbons (Fsp3) is 0.278. The Hall–Kier alpha value is -1.89. The summed E-state index contributed by atoms with van der Waals surface area (Å²) in [5, 5.41) is 3.18. The highest BCUT2D eigenvalue weighted by atomic mass is 35.5. The third-order valence-corrected chi connectivity index (χ3v) is 6.49. The van der Waals surface area contributed by atoms with Gasteiger partial charge in [-0.1, -0.05) is 48.4 Å². The number of carbonyl (C=O) groups excluding carboxylic acids is 1. The summed E-state index contributed by atoms with van der Waals surface area (Å²) in [7, 11) is -3.72. The van der Waals surface area contributed by atoms with Crippen molar-refractivity contribution < 1.29 is 13.2 Å². The third kappa shape index (κ3) is 3.86. The van der Waals surface area contributed by atoms with E-state index in [2.05, 4.69) is 5.32 Å². The predicted molar refractivity (Wildman–Crippen MR) is 98.1 cm³/mol. The van der Waals surface area contributed by atoms with Gasteiger partial charge in [0.05, 0.1) is 15.6 Å². The molecule has 5 nitrogen and oxygen atoms in total. The van der Waals surface area contributed by atoms with Gasteiger partial charge in [-0.15, -0.1) is 0 Å². The Balaban J connectivity index is 1.86. The number of rotatable bonds is 4. The van der Waals surface area contributed by atoms with E-state index in [9.17, 15) is 13.2 Å². The number of para-hydroxylation sites is 1. The number of nitrogens with one attached hydrogen (secondary N) is 1. The van der Waals surface area contributed by atoms with Gasteiger partial charge in [-0.05, 0) is 37.1 Å². The molecule has 1 aliphatic rings. The minimum atomic E-state index is -3.72. The van der Waals surface area contributed by atoms with E-state index in [-0.39, 0.29) is 10.8 Å². The maximum Gasteiger partial charge on any atom is 0.243 e. The molecule has 1 fully saturated rings. The van der Waals surface area contributed by atoms with Crippen LogP contribution in [0.15, 0.2) is 59.5 Å². The highest BCUT2D eigenvalue weighted by molar-refractivity contribution is 7.89. The van der Waals surface area contributed by atoms with Gasteiger partial charge < -0.3 is 5.32 Å². The monoisotopic (exact) mass is 378 g/mol. The van der Waals surface area contributed by atoms with E-state index in [1.54, 1.807) is 54.6 Å². The normalized spacial score (nSPS) is 18.7. The number of sulfonamides is 1. The zero-order valence-electron chi connectivity index (χ0n) is 13.6. The minimum Gasteiger partial charge on any atom is -0.323 e. The van der Waals surface area contributed by atoms with Crippen LogP contribution in [-0.4, -0.2) is 31.2 Å². The second kappa shape index (κ2) is 7.56. The summed E-state index contributed by atoms with van der Waals surface area (Å²) in [6.45, 7) is 0.331. The summed E-state index contributed by atoms with van der Waals surface area (Å²) in [6, 6.07) is 14.4. The van der Waals surface area contributed by atoms with Gasteiger partial charge in [0.2, 0.25) is 15.9 Å². The molecule has 2 aromatic rings. The number of carbonyl (C=O) groups is 1. The summed E-state index contributed by atoms with van der Waals surface area (Å²) in [4.78, 5) is 12.9. The second-order valence-electron chi connectivity index (χ2n) is 5.91. The number of anilines is 1. The molecule has 0 spiro atoms. The number of hydrogen-bond donors (Lipinski definition) is 1. The highest BCUT2D eigenvalue weighted by Gasteiger charge is 2.37. The van der Waals surface area contributed by atoms with E-state index < -0.39 is 16.1 Å². The van der Waals surface area contributed by atoms with Crippen molar-refractivity contribution in [1.29, 1.82) is 0 Å². The SMILES string of the molecule is O=C(Nc1ccccc1Cl)[C@@H]1CCCCN1S(=O)(=O)c1ccccc1. The van der Waals surface area contributed by atoms with Crippen molar-refractivity contribution in [3.05, 3.63) is 59.6 Å². The smallest absolute Gasteiger partial charge is 0.243 e. The predicted octanol–water partition coefficient (Wildman–Crippen LogP) is 3.52. The zero-order valence-corrected chi connectivity index (χ0v) is 15.1. The first-order valence-corrected chi connectivity index (χ1v) is 9.94. The number of nitrogens with zero attached hydrogens (tertiary/aromatic N) is 1. The molecule has 132 valence electrons. The third-order valence-electron chi connectivity index (χ3n) is 4.24. The van der Waals surface area contributed by atoms with Crippen molar-refractivity contribution in [1.82, 2.24) is 4.31 Å². The standard InChI is InChI=1S/C18H19ClN2O3S/c19-15-10-4-5-11-16(15)20-18(22)17-12-6-7-13-21(17)25(23,24)14-8-2-1-3-9-14/h1-5,8-11,17H,6-7,12-13H2,(H,20,22)/t17-/m0/s1. The average Bonchev–Trinajstić information content (AvgIpc) is 2.64. The molecule has 1 N–H and O–H groups in total. The van der Waals surface area contributed by atoms with E-state index in [4.69, 9.17) is 11.6 Å². The molecule has 2 aromatic carbocycles. The number of benzene rings is 2. The Morgan fingerprint density at radius 3 is 2.44 bits per heavy atom. The van der Waals surface area contributed by atoms with E-state index in [1.807, 2.05) is 0 Å². The summed E-state index contributed by atoms with van der Waals surface area (Å²) >= 11 is 6.08. The van der Waals surface area contributed by atoms with Gasteiger partial charge in [0, 0.05) is 6.54 Å². The Morgan fingerprint density at radius 2 is 1.72 bits per heavy atom. The molecular weight excluding hydrogens is 360 g/mol. The van der Waals surface area contributed by atoms with Crippen LogP contribution < -0.4 is 5.32 Å². The molecule has 3 rings (SSSR count). The first-order valence-electron chi connectivity index (χ1n) is 8.12. The molecule has 1 atom stereocenters. The Morgan fingerprint density at radius 1 is 1.04 bits per heavy atom. The lowest BCUT2D eigenvalue weighted by atomic mass is 10.0. The zero-order chi connectivity index (χ0) is 17.9. The van der Waals surface area contributed by atoms with Crippen LogP contribution in [0.1, 0.15) is 19.3 Å². The maximum atomic E-state index is 12.9. The van der Waals surface area contributed by atoms with Crippen LogP contribution in [0.2, 0.25) is 5.02 Å². The van der Waals surface area contributed by atoms with Crippen LogP contribution in [0, 0.1) is 0 Å². The van der Waals surface area contributed by atoms with Crippen LogP contribution in [0.4, 0.5) is 5.69 Å². The fourth-order valence-electron chi connectivity index (χ4n) is 2.96. The van der Waals surface area contributed by atoms with Crippen LogP contribution in [0.3, 0.4) is 0 Å². The summed E-state index contributed by atoms with van der Waals surface area (Å²) < 4.78 is 27.2. The van der Waals surface area contributed by atoms with Gasteiger partial charge in [0.25, 0.3) is 0 Å². The lowest BCUT2D eigenvalue weighted by Crippen LogP contribution is -2.49. The quantitative estimate of drug-likeness (QED) is 0.885. The van der Waals surface area contributed by atoms with Crippen LogP contribution >= 0.6 is 11.6 Å². The summed E-state index contributed by atoms with van der Waals surface area (Å²) in [6.07, 6.45) is 2.03. The van der Waals surface area contributed by atoms with Crippen molar-refractivity contribution in [2.75, 3.05) is 11.9 Å². The largest absolute Gasteiger partial charge is 0.323 e. The molecule has 0 aromatic heterocycles. The lowest BCUT2D eigenvalue weighted by molar-refractivity contribution is -0.120. The number of hydrogen-bond acceptors (Lipinski definition) is 3. The van der Waals surface area contributed by atoms with Crippen molar-refractivity contribution >= 4 is 33.2 Å². The Bertz CT molecular complexity index is 856.